The van der Waals surface area contributed by atoms with Crippen LogP contribution in [0.15, 0.2) is 25.2 Å². The highest BCUT2D eigenvalue weighted by atomic mass is 16.5. The summed E-state index contributed by atoms with van der Waals surface area (Å²) < 4.78 is 4.81. The van der Waals surface area contributed by atoms with Crippen molar-refractivity contribution in [2.45, 2.75) is 6.23 Å². The van der Waals surface area contributed by atoms with Gasteiger partial charge in [0.05, 0.1) is 0 Å². The van der Waals surface area contributed by atoms with E-state index in [9.17, 15) is 4.79 Å². The first-order valence-corrected chi connectivity index (χ1v) is 2.56. The van der Waals surface area contributed by atoms with Crippen LogP contribution < -0.4 is 0 Å². The van der Waals surface area contributed by atoms with Gasteiger partial charge in [0.1, 0.15) is 6.26 Å². The van der Waals surface area contributed by atoms with Gasteiger partial charge in [0.25, 0.3) is 0 Å². The van der Waals surface area contributed by atoms with Crippen LogP contribution in [-0.4, -0.2) is 17.4 Å². The summed E-state index contributed by atoms with van der Waals surface area (Å²) in [7, 11) is 0. The Hall–Kier alpha value is -1.25. The minimum Gasteiger partial charge on any atom is -0.469 e. The van der Waals surface area contributed by atoms with E-state index in [1.165, 1.54) is 12.5 Å². The Morgan fingerprint density at radius 2 is 2.56 bits per heavy atom. The predicted molar refractivity (Wildman–Crippen MR) is 32.1 cm³/mol. The second-order valence-corrected chi connectivity index (χ2v) is 1.58. The molecular formula is C6H7NO2. The van der Waals surface area contributed by atoms with Crippen molar-refractivity contribution in [2.24, 2.45) is 0 Å². The van der Waals surface area contributed by atoms with E-state index in [0.29, 0.717) is 6.29 Å². The van der Waals surface area contributed by atoms with E-state index < -0.39 is 6.23 Å². The third-order valence-corrected chi connectivity index (χ3v) is 1.07. The lowest BCUT2D eigenvalue weighted by atomic mass is 10.6. The van der Waals surface area contributed by atoms with Gasteiger partial charge in [0.15, 0.2) is 6.29 Å². The summed E-state index contributed by atoms with van der Waals surface area (Å²) in [5.74, 6) is 0. The fourth-order valence-electron chi connectivity index (χ4n) is 0.608. The van der Waals surface area contributed by atoms with E-state index in [0.717, 1.165) is 0 Å². The molecule has 0 aromatic carbocycles. The highest BCUT2D eigenvalue weighted by Crippen LogP contribution is 2.07. The molecule has 0 aromatic heterocycles. The van der Waals surface area contributed by atoms with Crippen LogP contribution in [0.3, 0.4) is 0 Å². The van der Waals surface area contributed by atoms with Crippen LogP contribution in [0.25, 0.3) is 0 Å². The number of rotatable bonds is 2. The number of ether oxygens (including phenoxy) is 1. The zero-order valence-corrected chi connectivity index (χ0v) is 4.86. The standard InChI is InChI=1S/C6H7NO2/c1-2-7-3-4-9-6(7)5-8/h2-6H,1H2. The SMILES string of the molecule is C=CN1C=COC1C=O. The predicted octanol–water partition coefficient (Wildman–Crippen LogP) is 0.458. The summed E-state index contributed by atoms with van der Waals surface area (Å²) in [5, 5.41) is 0. The van der Waals surface area contributed by atoms with E-state index in [1.807, 2.05) is 0 Å². The van der Waals surface area contributed by atoms with Gasteiger partial charge in [-0.05, 0) is 0 Å². The number of carbonyl (C=O) groups is 1. The van der Waals surface area contributed by atoms with E-state index in [2.05, 4.69) is 6.58 Å². The Labute approximate surface area is 53.2 Å². The van der Waals surface area contributed by atoms with Crippen molar-refractivity contribution >= 4 is 6.29 Å². The first-order valence-electron chi connectivity index (χ1n) is 2.56. The number of nitrogens with zero attached hydrogens (tertiary/aromatic N) is 1. The molecule has 9 heavy (non-hydrogen) atoms. The fraction of sp³-hybridized carbons (Fsp3) is 0.167. The van der Waals surface area contributed by atoms with Crippen molar-refractivity contribution in [1.82, 2.24) is 4.90 Å². The fourth-order valence-corrected chi connectivity index (χ4v) is 0.608. The van der Waals surface area contributed by atoms with E-state index in [-0.39, 0.29) is 0 Å². The van der Waals surface area contributed by atoms with Crippen molar-refractivity contribution in [3.63, 3.8) is 0 Å². The van der Waals surface area contributed by atoms with Gasteiger partial charge in [-0.2, -0.15) is 0 Å². The third-order valence-electron chi connectivity index (χ3n) is 1.07. The molecule has 0 aromatic rings. The first kappa shape index (κ1) is 5.88. The Balaban J connectivity index is 2.58. The quantitative estimate of drug-likeness (QED) is 0.502. The van der Waals surface area contributed by atoms with E-state index in [1.54, 1.807) is 11.1 Å². The van der Waals surface area contributed by atoms with Gasteiger partial charge in [-0.15, -0.1) is 0 Å². The van der Waals surface area contributed by atoms with Crippen LogP contribution in [0.5, 0.6) is 0 Å². The summed E-state index contributed by atoms with van der Waals surface area (Å²) in [6.07, 6.45) is 4.85. The van der Waals surface area contributed by atoms with Gasteiger partial charge in [-0.25, -0.2) is 0 Å². The second-order valence-electron chi connectivity index (χ2n) is 1.58. The summed E-state index contributed by atoms with van der Waals surface area (Å²) in [4.78, 5) is 11.7. The maximum Gasteiger partial charge on any atom is 0.231 e. The molecule has 1 heterocycles. The lowest BCUT2D eigenvalue weighted by Crippen LogP contribution is -2.23. The Bertz CT molecular complexity index is 153. The summed E-state index contributed by atoms with van der Waals surface area (Å²) in [6.45, 7) is 3.48. The molecule has 0 N–H and O–H groups in total. The van der Waals surface area contributed by atoms with Gasteiger partial charge in [0, 0.05) is 12.4 Å². The molecule has 0 bridgehead atoms. The molecule has 1 atom stereocenters. The van der Waals surface area contributed by atoms with E-state index in [4.69, 9.17) is 4.74 Å². The van der Waals surface area contributed by atoms with Crippen LogP contribution >= 0.6 is 0 Å². The normalized spacial score (nSPS) is 23.6. The van der Waals surface area contributed by atoms with Crippen molar-refractivity contribution in [1.29, 1.82) is 0 Å². The molecule has 0 fully saturated rings. The average molecular weight is 125 g/mol. The highest BCUT2D eigenvalue weighted by Gasteiger charge is 2.15. The lowest BCUT2D eigenvalue weighted by molar-refractivity contribution is -0.118. The van der Waals surface area contributed by atoms with Crippen LogP contribution in [-0.2, 0) is 9.53 Å². The average Bonchev–Trinajstić information content (AvgIpc) is 2.33. The zero-order valence-electron chi connectivity index (χ0n) is 4.86. The summed E-state index contributed by atoms with van der Waals surface area (Å²) >= 11 is 0. The van der Waals surface area contributed by atoms with E-state index >= 15 is 0 Å². The summed E-state index contributed by atoms with van der Waals surface area (Å²) in [6, 6.07) is 0. The molecule has 0 amide bonds. The first-order chi connectivity index (χ1) is 4.38. The minimum atomic E-state index is -0.498. The number of hydrogen-bond acceptors (Lipinski definition) is 3. The second kappa shape index (κ2) is 2.35. The third kappa shape index (κ3) is 0.937. The molecule has 1 rings (SSSR count). The van der Waals surface area contributed by atoms with Crippen LogP contribution in [0, 0.1) is 0 Å². The molecule has 3 nitrogen and oxygen atoms in total. The largest absolute Gasteiger partial charge is 0.469 e. The molecule has 0 saturated heterocycles. The Morgan fingerprint density at radius 3 is 3.00 bits per heavy atom. The van der Waals surface area contributed by atoms with Crippen LogP contribution in [0.2, 0.25) is 0 Å². The van der Waals surface area contributed by atoms with Gasteiger partial charge in [-0.1, -0.05) is 6.58 Å². The maximum atomic E-state index is 10.1. The van der Waals surface area contributed by atoms with Crippen molar-refractivity contribution < 1.29 is 9.53 Å². The van der Waals surface area contributed by atoms with Crippen molar-refractivity contribution in [3.8, 4) is 0 Å². The lowest BCUT2D eigenvalue weighted by Gasteiger charge is -2.12. The Morgan fingerprint density at radius 1 is 1.78 bits per heavy atom. The number of aldehydes is 1. The molecule has 3 heteroatoms. The molecular weight excluding hydrogens is 118 g/mol. The monoisotopic (exact) mass is 125 g/mol. The molecule has 0 spiro atoms. The number of hydrogen-bond donors (Lipinski definition) is 0. The maximum absolute atomic E-state index is 10.1. The molecule has 0 saturated carbocycles. The highest BCUT2D eigenvalue weighted by molar-refractivity contribution is 5.56. The van der Waals surface area contributed by atoms with Crippen molar-refractivity contribution in [3.05, 3.63) is 25.2 Å². The zero-order chi connectivity index (χ0) is 6.69. The minimum absolute atomic E-state index is 0.498. The molecule has 1 aliphatic rings. The summed E-state index contributed by atoms with van der Waals surface area (Å²) in [5.41, 5.74) is 0. The van der Waals surface area contributed by atoms with Gasteiger partial charge < -0.3 is 9.64 Å². The van der Waals surface area contributed by atoms with Gasteiger partial charge in [-0.3, -0.25) is 4.79 Å². The van der Waals surface area contributed by atoms with Crippen LogP contribution in [0.1, 0.15) is 0 Å². The van der Waals surface area contributed by atoms with Gasteiger partial charge in [0.2, 0.25) is 6.23 Å². The van der Waals surface area contributed by atoms with Crippen molar-refractivity contribution in [2.75, 3.05) is 0 Å². The smallest absolute Gasteiger partial charge is 0.231 e. The number of carbonyl (C=O) groups excluding carboxylic acids is 1. The molecule has 1 unspecified atom stereocenters. The van der Waals surface area contributed by atoms with Crippen LogP contribution in [0.4, 0.5) is 0 Å². The molecule has 1 aliphatic heterocycles. The molecule has 0 aliphatic carbocycles. The Kier molecular flexibility index (Phi) is 1.53. The molecule has 0 radical (unpaired) electrons. The molecule has 48 valence electrons. The van der Waals surface area contributed by atoms with Gasteiger partial charge >= 0.3 is 0 Å². The topological polar surface area (TPSA) is 29.5 Å².